The molecule has 0 aliphatic heterocycles. The van der Waals surface area contributed by atoms with Crippen LogP contribution in [0.5, 0.6) is 5.75 Å². The molecule has 4 nitrogen and oxygen atoms in total. The molecule has 1 heterocycles. The third-order valence-electron chi connectivity index (χ3n) is 2.78. The minimum absolute atomic E-state index is 0.0976. The molecule has 19 heavy (non-hydrogen) atoms. The van der Waals surface area contributed by atoms with Crippen molar-refractivity contribution in [2.75, 3.05) is 12.4 Å². The molecule has 0 atom stereocenters. The van der Waals surface area contributed by atoms with Crippen LogP contribution in [0.1, 0.15) is 11.1 Å². The summed E-state index contributed by atoms with van der Waals surface area (Å²) < 4.78 is 5.21. The molecule has 0 aliphatic carbocycles. The molecule has 0 radical (unpaired) electrons. The molecule has 1 amide bonds. The van der Waals surface area contributed by atoms with E-state index in [-0.39, 0.29) is 5.91 Å². The second kappa shape index (κ2) is 5.80. The lowest BCUT2D eigenvalue weighted by molar-refractivity contribution is -0.115. The zero-order valence-corrected chi connectivity index (χ0v) is 11.5. The van der Waals surface area contributed by atoms with Crippen LogP contribution in [0.25, 0.3) is 0 Å². The molecule has 5 heteroatoms. The molecule has 1 aromatic carbocycles. The Bertz CT molecular complexity index is 579. The van der Waals surface area contributed by atoms with Crippen LogP contribution in [-0.2, 0) is 11.2 Å². The van der Waals surface area contributed by atoms with Crippen LogP contribution >= 0.6 is 11.6 Å². The van der Waals surface area contributed by atoms with Crippen molar-refractivity contribution in [1.82, 2.24) is 4.98 Å². The summed E-state index contributed by atoms with van der Waals surface area (Å²) in [6, 6.07) is 5.36. The van der Waals surface area contributed by atoms with E-state index in [1.165, 1.54) is 0 Å². The number of anilines is 1. The molecule has 2 rings (SSSR count). The van der Waals surface area contributed by atoms with Gasteiger partial charge in [0.15, 0.2) is 0 Å². The molecule has 0 unspecified atom stereocenters. The van der Waals surface area contributed by atoms with E-state index in [0.717, 1.165) is 11.1 Å². The van der Waals surface area contributed by atoms with E-state index in [2.05, 4.69) is 10.3 Å². The first-order chi connectivity index (χ1) is 9.10. The van der Waals surface area contributed by atoms with E-state index in [9.17, 15) is 4.79 Å². The normalized spacial score (nSPS) is 10.3. The summed E-state index contributed by atoms with van der Waals surface area (Å²) in [5.74, 6) is 0.456. The molecule has 100 valence electrons. The molecule has 2 aromatic rings. The third-order valence-corrected chi connectivity index (χ3v) is 3.19. The predicted molar refractivity (Wildman–Crippen MR) is 75.9 cm³/mol. The van der Waals surface area contributed by atoms with Gasteiger partial charge in [0, 0.05) is 23.5 Å². The van der Waals surface area contributed by atoms with Crippen LogP contribution in [0.3, 0.4) is 0 Å². The van der Waals surface area contributed by atoms with Crippen molar-refractivity contribution in [3.8, 4) is 5.75 Å². The number of hydrogen-bond donors (Lipinski definition) is 2. The second-order valence-corrected chi connectivity index (χ2v) is 4.65. The lowest BCUT2D eigenvalue weighted by Crippen LogP contribution is -2.14. The molecule has 1 aromatic heterocycles. The van der Waals surface area contributed by atoms with Crippen LogP contribution in [-0.4, -0.2) is 18.0 Å². The lowest BCUT2D eigenvalue weighted by atomic mass is 10.2. The summed E-state index contributed by atoms with van der Waals surface area (Å²) in [6.45, 7) is 1.88. The largest absolute Gasteiger partial charge is 0.495 e. The number of benzene rings is 1. The van der Waals surface area contributed by atoms with Gasteiger partial charge < -0.3 is 15.0 Å². The predicted octanol–water partition coefficient (Wildman–Crippen LogP) is 3.17. The Balaban J connectivity index is 2.14. The maximum atomic E-state index is 11.9. The van der Waals surface area contributed by atoms with Crippen LogP contribution in [0.2, 0.25) is 5.02 Å². The highest BCUT2D eigenvalue weighted by Crippen LogP contribution is 2.30. The molecule has 2 N–H and O–H groups in total. The van der Waals surface area contributed by atoms with Crippen LogP contribution in [0.15, 0.2) is 30.6 Å². The number of carbonyl (C=O) groups excluding carboxylic acids is 1. The van der Waals surface area contributed by atoms with Gasteiger partial charge in [-0.1, -0.05) is 11.6 Å². The maximum absolute atomic E-state index is 11.9. The van der Waals surface area contributed by atoms with Gasteiger partial charge in [0.25, 0.3) is 0 Å². The average Bonchev–Trinajstić information content (AvgIpc) is 2.86. The molecular formula is C14H15ClN2O2. The molecule has 0 fully saturated rings. The number of rotatable bonds is 4. The molecule has 0 saturated heterocycles. The number of aryl methyl sites for hydroxylation is 1. The van der Waals surface area contributed by atoms with Gasteiger partial charge in [-0.15, -0.1) is 0 Å². The molecule has 0 aliphatic rings. The Morgan fingerprint density at radius 2 is 2.26 bits per heavy atom. The van der Waals surface area contributed by atoms with Gasteiger partial charge in [0.05, 0.1) is 19.2 Å². The van der Waals surface area contributed by atoms with E-state index in [1.807, 2.05) is 13.0 Å². The average molecular weight is 279 g/mol. The van der Waals surface area contributed by atoms with E-state index in [1.54, 1.807) is 31.6 Å². The Morgan fingerprint density at radius 3 is 2.89 bits per heavy atom. The minimum atomic E-state index is -0.0976. The van der Waals surface area contributed by atoms with Gasteiger partial charge in [-0.2, -0.15) is 0 Å². The number of methoxy groups -OCH3 is 1. The van der Waals surface area contributed by atoms with Crippen LogP contribution < -0.4 is 10.1 Å². The van der Waals surface area contributed by atoms with Gasteiger partial charge >= 0.3 is 0 Å². The number of aromatic nitrogens is 1. The van der Waals surface area contributed by atoms with Gasteiger partial charge in [0.2, 0.25) is 5.91 Å². The summed E-state index contributed by atoms with van der Waals surface area (Å²) in [7, 11) is 1.54. The van der Waals surface area contributed by atoms with Crippen molar-refractivity contribution in [2.45, 2.75) is 13.3 Å². The Labute approximate surface area is 116 Å². The van der Waals surface area contributed by atoms with Crippen molar-refractivity contribution in [2.24, 2.45) is 0 Å². The lowest BCUT2D eigenvalue weighted by Gasteiger charge is -2.12. The highest BCUT2D eigenvalue weighted by molar-refractivity contribution is 6.31. The van der Waals surface area contributed by atoms with Gasteiger partial charge in [-0.25, -0.2) is 0 Å². The van der Waals surface area contributed by atoms with E-state index < -0.39 is 0 Å². The van der Waals surface area contributed by atoms with Gasteiger partial charge in [0.1, 0.15) is 5.75 Å². The Morgan fingerprint density at radius 1 is 1.47 bits per heavy atom. The number of nitrogens with one attached hydrogen (secondary N) is 2. The van der Waals surface area contributed by atoms with E-state index in [0.29, 0.717) is 22.9 Å². The number of H-pyrrole nitrogens is 1. The quantitative estimate of drug-likeness (QED) is 0.902. The zero-order chi connectivity index (χ0) is 13.8. The maximum Gasteiger partial charge on any atom is 0.228 e. The highest BCUT2D eigenvalue weighted by atomic mass is 35.5. The van der Waals surface area contributed by atoms with Crippen LogP contribution in [0.4, 0.5) is 5.69 Å². The first kappa shape index (κ1) is 13.5. The van der Waals surface area contributed by atoms with Gasteiger partial charge in [-0.3, -0.25) is 4.79 Å². The van der Waals surface area contributed by atoms with Gasteiger partial charge in [-0.05, 0) is 30.2 Å². The number of carbonyl (C=O) groups is 1. The summed E-state index contributed by atoms with van der Waals surface area (Å²) in [5, 5.41) is 3.44. The van der Waals surface area contributed by atoms with E-state index in [4.69, 9.17) is 16.3 Å². The topological polar surface area (TPSA) is 54.1 Å². The summed E-state index contributed by atoms with van der Waals surface area (Å²) in [6.07, 6.45) is 3.90. The number of hydrogen-bond acceptors (Lipinski definition) is 2. The number of halogens is 1. The number of aromatic amines is 1. The second-order valence-electron chi connectivity index (χ2n) is 4.25. The number of ether oxygens (including phenoxy) is 1. The third kappa shape index (κ3) is 3.29. The van der Waals surface area contributed by atoms with Crippen LogP contribution in [0, 0.1) is 6.92 Å². The van der Waals surface area contributed by atoms with Crippen molar-refractivity contribution in [1.29, 1.82) is 0 Å². The van der Waals surface area contributed by atoms with Crippen molar-refractivity contribution < 1.29 is 9.53 Å². The zero-order valence-electron chi connectivity index (χ0n) is 10.8. The highest BCUT2D eigenvalue weighted by Gasteiger charge is 2.11. The fourth-order valence-corrected chi connectivity index (χ4v) is 1.93. The monoisotopic (exact) mass is 278 g/mol. The standard InChI is InChI=1S/C14H15ClN2O2/c1-9-5-12(13(19-2)7-11(9)15)17-14(18)6-10-3-4-16-8-10/h3-5,7-8,16H,6H2,1-2H3,(H,17,18). The van der Waals surface area contributed by atoms with Crippen molar-refractivity contribution in [3.63, 3.8) is 0 Å². The molecule has 0 spiro atoms. The summed E-state index contributed by atoms with van der Waals surface area (Å²) >= 11 is 6.02. The number of amides is 1. The Hall–Kier alpha value is -1.94. The fraction of sp³-hybridized carbons (Fsp3) is 0.214. The molecule has 0 bridgehead atoms. The van der Waals surface area contributed by atoms with Crippen molar-refractivity contribution in [3.05, 3.63) is 46.7 Å². The summed E-state index contributed by atoms with van der Waals surface area (Å²) in [5.41, 5.74) is 2.45. The molecule has 0 saturated carbocycles. The van der Waals surface area contributed by atoms with E-state index >= 15 is 0 Å². The molecular weight excluding hydrogens is 264 g/mol. The smallest absolute Gasteiger partial charge is 0.228 e. The SMILES string of the molecule is COc1cc(Cl)c(C)cc1NC(=O)Cc1cc[nH]c1. The first-order valence-electron chi connectivity index (χ1n) is 5.86. The fourth-order valence-electron chi connectivity index (χ4n) is 1.78. The summed E-state index contributed by atoms with van der Waals surface area (Å²) in [4.78, 5) is 14.8. The Kier molecular flexibility index (Phi) is 4.12. The first-order valence-corrected chi connectivity index (χ1v) is 6.23. The minimum Gasteiger partial charge on any atom is -0.495 e. The van der Waals surface area contributed by atoms with Crippen molar-refractivity contribution >= 4 is 23.2 Å².